The Hall–Kier alpha value is -1.51. The molecular weight excluding hydrogens is 164 g/mol. The van der Waals surface area contributed by atoms with E-state index in [0.29, 0.717) is 11.4 Å². The van der Waals surface area contributed by atoms with Crippen molar-refractivity contribution in [3.8, 4) is 5.75 Å². The van der Waals surface area contributed by atoms with Crippen molar-refractivity contribution >= 4 is 11.4 Å². The summed E-state index contributed by atoms with van der Waals surface area (Å²) < 4.78 is 0. The molecule has 0 unspecified atom stereocenters. The van der Waals surface area contributed by atoms with Crippen LogP contribution in [-0.2, 0) is 0 Å². The predicted octanol–water partition coefficient (Wildman–Crippen LogP) is 2.13. The number of rotatable bonds is 2. The largest absolute Gasteiger partial charge is 0.505 e. The van der Waals surface area contributed by atoms with Crippen molar-refractivity contribution in [2.75, 3.05) is 12.4 Å². The van der Waals surface area contributed by atoms with E-state index in [1.807, 2.05) is 19.1 Å². The quantitative estimate of drug-likeness (QED) is 0.480. The second-order valence-electron chi connectivity index (χ2n) is 3.03. The zero-order valence-electron chi connectivity index (χ0n) is 8.10. The second kappa shape index (κ2) is 3.47. The molecule has 0 aliphatic rings. The van der Waals surface area contributed by atoms with Gasteiger partial charge in [0.25, 0.3) is 0 Å². The van der Waals surface area contributed by atoms with Gasteiger partial charge < -0.3 is 15.8 Å². The van der Waals surface area contributed by atoms with Crippen molar-refractivity contribution in [2.24, 2.45) is 0 Å². The molecule has 0 aromatic heterocycles. The lowest BCUT2D eigenvalue weighted by Crippen LogP contribution is -2.01. The Morgan fingerprint density at radius 2 is 2.08 bits per heavy atom. The van der Waals surface area contributed by atoms with Crippen LogP contribution in [0.3, 0.4) is 0 Å². The van der Waals surface area contributed by atoms with Gasteiger partial charge in [0, 0.05) is 18.3 Å². The third-order valence-electron chi connectivity index (χ3n) is 2.03. The summed E-state index contributed by atoms with van der Waals surface area (Å²) in [6, 6.07) is 3.65. The summed E-state index contributed by atoms with van der Waals surface area (Å²) in [5.74, 6) is 0.228. The predicted molar refractivity (Wildman–Crippen MR) is 54.9 cm³/mol. The number of phenolic OH excluding ortho intramolecular Hbond substituents is 1. The van der Waals surface area contributed by atoms with Crippen LogP contribution >= 0.6 is 0 Å². The van der Waals surface area contributed by atoms with Gasteiger partial charge in [-0.2, -0.15) is 0 Å². The summed E-state index contributed by atoms with van der Waals surface area (Å²) >= 11 is 0. The lowest BCUT2D eigenvalue weighted by molar-refractivity contribution is 0.473. The fraction of sp³-hybridized carbons (Fsp3) is 0.300. The van der Waals surface area contributed by atoms with Gasteiger partial charge in [0.2, 0.25) is 0 Å². The number of benzene rings is 1. The van der Waals surface area contributed by atoms with Crippen molar-refractivity contribution in [1.82, 2.24) is 0 Å². The molecule has 3 N–H and O–H groups in total. The van der Waals surface area contributed by atoms with Gasteiger partial charge >= 0.3 is 0 Å². The molecule has 70 valence electrons. The highest BCUT2D eigenvalue weighted by atomic mass is 16.3. The van der Waals surface area contributed by atoms with E-state index in [1.54, 1.807) is 14.0 Å². The van der Waals surface area contributed by atoms with Gasteiger partial charge in [-0.3, -0.25) is 0 Å². The van der Waals surface area contributed by atoms with Crippen molar-refractivity contribution in [3.05, 3.63) is 23.3 Å². The smallest absolute Gasteiger partial charge is 0.142 e. The number of hydrogen-bond donors (Lipinski definition) is 3. The van der Waals surface area contributed by atoms with Crippen molar-refractivity contribution < 1.29 is 5.11 Å². The van der Waals surface area contributed by atoms with Crippen LogP contribution in [0.25, 0.3) is 0 Å². The van der Waals surface area contributed by atoms with Crippen LogP contribution < -0.4 is 5.32 Å². The molecule has 3 nitrogen and oxygen atoms in total. The lowest BCUT2D eigenvalue weighted by atomic mass is 10.0. The summed E-state index contributed by atoms with van der Waals surface area (Å²) in [4.78, 5) is 0. The summed E-state index contributed by atoms with van der Waals surface area (Å²) in [6.07, 6.45) is 0. The molecule has 0 saturated carbocycles. The molecule has 3 heteroatoms. The molecule has 1 aromatic carbocycles. The van der Waals surface area contributed by atoms with Crippen molar-refractivity contribution in [2.45, 2.75) is 13.8 Å². The van der Waals surface area contributed by atoms with Gasteiger partial charge in [-0.1, -0.05) is 12.1 Å². The summed E-state index contributed by atoms with van der Waals surface area (Å²) in [5.41, 5.74) is 2.63. The average Bonchev–Trinajstić information content (AvgIpc) is 2.09. The van der Waals surface area contributed by atoms with Crippen molar-refractivity contribution in [3.63, 3.8) is 0 Å². The number of phenols is 1. The van der Waals surface area contributed by atoms with Crippen LogP contribution in [0.4, 0.5) is 5.69 Å². The molecular formula is C10H14N2O. The normalized spacial score (nSPS) is 9.77. The highest BCUT2D eigenvalue weighted by Crippen LogP contribution is 2.30. The van der Waals surface area contributed by atoms with Gasteiger partial charge in [0.15, 0.2) is 0 Å². The van der Waals surface area contributed by atoms with E-state index < -0.39 is 0 Å². The van der Waals surface area contributed by atoms with Gasteiger partial charge in [-0.25, -0.2) is 0 Å². The number of hydrogen-bond acceptors (Lipinski definition) is 3. The first-order valence-electron chi connectivity index (χ1n) is 4.13. The lowest BCUT2D eigenvalue weighted by Gasteiger charge is -2.11. The van der Waals surface area contributed by atoms with Gasteiger partial charge in [-0.15, -0.1) is 0 Å². The number of nitrogens with one attached hydrogen (secondary N) is 2. The minimum atomic E-state index is 0.228. The first-order valence-corrected chi connectivity index (χ1v) is 4.13. The van der Waals surface area contributed by atoms with Crippen LogP contribution in [0.15, 0.2) is 12.1 Å². The molecule has 0 bridgehead atoms. The van der Waals surface area contributed by atoms with E-state index in [-0.39, 0.29) is 5.75 Å². The van der Waals surface area contributed by atoms with E-state index in [9.17, 15) is 5.11 Å². The maximum atomic E-state index is 9.67. The fourth-order valence-electron chi connectivity index (χ4n) is 1.26. The van der Waals surface area contributed by atoms with E-state index in [4.69, 9.17) is 5.41 Å². The molecule has 0 amide bonds. The maximum absolute atomic E-state index is 9.67. The third kappa shape index (κ3) is 1.64. The highest BCUT2D eigenvalue weighted by molar-refractivity contribution is 6.02. The van der Waals surface area contributed by atoms with Crippen molar-refractivity contribution in [1.29, 1.82) is 5.41 Å². The van der Waals surface area contributed by atoms with E-state index >= 15 is 0 Å². The van der Waals surface area contributed by atoms with E-state index in [1.165, 1.54) is 0 Å². The Labute approximate surface area is 77.9 Å². The number of aryl methyl sites for hydroxylation is 1. The molecule has 0 aliphatic heterocycles. The molecule has 13 heavy (non-hydrogen) atoms. The summed E-state index contributed by atoms with van der Waals surface area (Å²) in [6.45, 7) is 3.53. The van der Waals surface area contributed by atoms with Crippen LogP contribution in [0.5, 0.6) is 5.75 Å². The Morgan fingerprint density at radius 3 is 2.54 bits per heavy atom. The monoisotopic (exact) mass is 178 g/mol. The molecule has 0 aliphatic carbocycles. The van der Waals surface area contributed by atoms with Gasteiger partial charge in [0.1, 0.15) is 5.75 Å². The minimum absolute atomic E-state index is 0.228. The Kier molecular flexibility index (Phi) is 2.56. The topological polar surface area (TPSA) is 56.1 Å². The van der Waals surface area contributed by atoms with Crippen LogP contribution in [-0.4, -0.2) is 17.9 Å². The number of anilines is 1. The third-order valence-corrected chi connectivity index (χ3v) is 2.03. The maximum Gasteiger partial charge on any atom is 0.142 e. The molecule has 0 radical (unpaired) electrons. The van der Waals surface area contributed by atoms with Gasteiger partial charge in [-0.05, 0) is 19.4 Å². The molecule has 0 heterocycles. The summed E-state index contributed by atoms with van der Waals surface area (Å²) in [5, 5.41) is 20.1. The SMILES string of the molecule is CNc1c(C(C)=N)ccc(C)c1O. The molecule has 1 aromatic rings. The highest BCUT2D eigenvalue weighted by Gasteiger charge is 2.09. The Balaban J connectivity index is 3.38. The molecule has 0 saturated heterocycles. The van der Waals surface area contributed by atoms with E-state index in [0.717, 1.165) is 11.1 Å². The average molecular weight is 178 g/mol. The van der Waals surface area contributed by atoms with Gasteiger partial charge in [0.05, 0.1) is 5.69 Å². The zero-order chi connectivity index (χ0) is 10.0. The van der Waals surface area contributed by atoms with E-state index in [2.05, 4.69) is 5.32 Å². The molecule has 0 atom stereocenters. The fourth-order valence-corrected chi connectivity index (χ4v) is 1.26. The minimum Gasteiger partial charge on any atom is -0.505 e. The molecule has 0 fully saturated rings. The Bertz CT molecular complexity index is 345. The van der Waals surface area contributed by atoms with Crippen LogP contribution in [0, 0.1) is 12.3 Å². The Morgan fingerprint density at radius 1 is 1.46 bits per heavy atom. The molecule has 0 spiro atoms. The first kappa shape index (κ1) is 9.58. The second-order valence-corrected chi connectivity index (χ2v) is 3.03. The zero-order valence-corrected chi connectivity index (χ0v) is 8.10. The standard InChI is InChI=1S/C10H14N2O/c1-6-4-5-8(7(2)11)9(12-3)10(6)13/h4-5,11-13H,1-3H3. The molecule has 1 rings (SSSR count). The first-order chi connectivity index (χ1) is 6.07. The number of aromatic hydroxyl groups is 1. The summed E-state index contributed by atoms with van der Waals surface area (Å²) in [7, 11) is 1.74. The van der Waals surface area contributed by atoms with Crippen LogP contribution in [0.2, 0.25) is 0 Å². The van der Waals surface area contributed by atoms with Crippen LogP contribution in [0.1, 0.15) is 18.1 Å².